The van der Waals surface area contributed by atoms with Crippen LogP contribution in [0.4, 0.5) is 22.7 Å². The van der Waals surface area contributed by atoms with Crippen LogP contribution >= 0.6 is 10.7 Å². The third-order valence-corrected chi connectivity index (χ3v) is 15.4. The van der Waals surface area contributed by atoms with Crippen LogP contribution in [-0.4, -0.2) is 75.1 Å². The van der Waals surface area contributed by atoms with E-state index in [-0.39, 0.29) is 14.7 Å². The maximum absolute atomic E-state index is 13.0. The average Bonchev–Trinajstić information content (AvgIpc) is 3.77. The van der Waals surface area contributed by atoms with Crippen LogP contribution in [0.25, 0.3) is 0 Å². The Bertz CT molecular complexity index is 2560. The number of benzene rings is 5. The zero-order valence-corrected chi connectivity index (χ0v) is 33.1. The van der Waals surface area contributed by atoms with Gasteiger partial charge in [0.1, 0.15) is 11.5 Å². The van der Waals surface area contributed by atoms with Gasteiger partial charge in [-0.25, -0.2) is 33.9 Å². The van der Waals surface area contributed by atoms with Crippen molar-refractivity contribution in [1.82, 2.24) is 8.61 Å². The van der Waals surface area contributed by atoms with Crippen LogP contribution in [0.15, 0.2) is 112 Å². The summed E-state index contributed by atoms with van der Waals surface area (Å²) in [4.78, 5) is 4.51. The maximum atomic E-state index is 13.0. The molecular weight excluding hydrogens is 768 g/mol. The van der Waals surface area contributed by atoms with Crippen molar-refractivity contribution in [3.05, 3.63) is 125 Å². The summed E-state index contributed by atoms with van der Waals surface area (Å²) < 4.78 is 87.1. The summed E-state index contributed by atoms with van der Waals surface area (Å²) in [6, 6.07) is 28.6. The van der Waals surface area contributed by atoms with E-state index in [9.17, 15) is 25.3 Å². The quantitative estimate of drug-likeness (QED) is 0.153. The van der Waals surface area contributed by atoms with E-state index in [1.54, 1.807) is 42.5 Å². The van der Waals surface area contributed by atoms with Gasteiger partial charge in [0.05, 0.1) is 14.7 Å². The normalized spacial score (nSPS) is 15.6. The summed E-state index contributed by atoms with van der Waals surface area (Å²) in [7, 11) is 0.576. The van der Waals surface area contributed by atoms with Gasteiger partial charge in [-0.15, -0.1) is 0 Å². The molecule has 3 aliphatic heterocycles. The average molecular weight is 805 g/mol. The third kappa shape index (κ3) is 6.05. The Morgan fingerprint density at radius 1 is 0.593 bits per heavy atom. The second kappa shape index (κ2) is 13.1. The summed E-state index contributed by atoms with van der Waals surface area (Å²) in [5.74, 6) is 0.452. The first-order valence-corrected chi connectivity index (χ1v) is 22.4. The molecule has 0 fully saturated rings. The van der Waals surface area contributed by atoms with E-state index in [1.165, 1.54) is 42.9 Å². The lowest BCUT2D eigenvalue weighted by molar-refractivity contribution is 0.452. The van der Waals surface area contributed by atoms with E-state index < -0.39 is 35.0 Å². The molecule has 8 rings (SSSR count). The van der Waals surface area contributed by atoms with Crippen LogP contribution in [0, 0.1) is 0 Å². The molecule has 0 aliphatic carbocycles. The van der Waals surface area contributed by atoms with Gasteiger partial charge in [0.2, 0.25) is 20.0 Å². The summed E-state index contributed by atoms with van der Waals surface area (Å²) in [5.41, 5.74) is 7.15. The van der Waals surface area contributed by atoms with Crippen molar-refractivity contribution in [2.75, 3.05) is 51.1 Å². The van der Waals surface area contributed by atoms with Gasteiger partial charge in [0, 0.05) is 104 Å². The Hall–Kier alpha value is -4.44. The Balaban J connectivity index is 1.25. The fourth-order valence-electron chi connectivity index (χ4n) is 7.59. The van der Waals surface area contributed by atoms with Crippen molar-refractivity contribution < 1.29 is 30.0 Å². The van der Waals surface area contributed by atoms with Gasteiger partial charge in [-0.2, -0.15) is 0 Å². The highest BCUT2D eigenvalue weighted by Gasteiger charge is 2.35. The first-order chi connectivity index (χ1) is 25.6. The molecule has 0 bridgehead atoms. The summed E-state index contributed by atoms with van der Waals surface area (Å²) in [6.07, 6.45) is 1.44. The molecule has 3 aliphatic rings. The van der Waals surface area contributed by atoms with Crippen molar-refractivity contribution >= 4 is 62.5 Å². The second-order valence-electron chi connectivity index (χ2n) is 13.9. The predicted octanol–water partition coefficient (Wildman–Crippen LogP) is 6.79. The van der Waals surface area contributed by atoms with E-state index in [4.69, 9.17) is 15.4 Å². The summed E-state index contributed by atoms with van der Waals surface area (Å²) >= 11 is 0. The number of ether oxygens (including phenoxy) is 1. The first kappa shape index (κ1) is 36.5. The van der Waals surface area contributed by atoms with E-state index in [0.717, 1.165) is 57.8 Å². The first-order valence-electron chi connectivity index (χ1n) is 17.2. The number of halogens is 1. The fourth-order valence-corrected chi connectivity index (χ4v) is 10.6. The number of hydrogen-bond acceptors (Lipinski definition) is 9. The number of nitrogens with zero attached hydrogens (tertiary/aromatic N) is 4. The van der Waals surface area contributed by atoms with Crippen molar-refractivity contribution in [3.63, 3.8) is 0 Å². The Morgan fingerprint density at radius 3 is 1.50 bits per heavy atom. The number of rotatable bonds is 8. The highest BCUT2D eigenvalue weighted by atomic mass is 35.7. The highest BCUT2D eigenvalue weighted by Crippen LogP contribution is 2.52. The molecule has 0 unspecified atom stereocenters. The van der Waals surface area contributed by atoms with Crippen molar-refractivity contribution in [1.29, 1.82) is 0 Å². The molecule has 0 saturated heterocycles. The van der Waals surface area contributed by atoms with Crippen LogP contribution in [0.5, 0.6) is 11.5 Å². The molecule has 5 aromatic carbocycles. The summed E-state index contributed by atoms with van der Waals surface area (Å²) in [5, 5.41) is 0. The largest absolute Gasteiger partial charge is 0.457 e. The van der Waals surface area contributed by atoms with E-state index >= 15 is 0 Å². The van der Waals surface area contributed by atoms with Crippen LogP contribution < -0.4 is 14.5 Å². The minimum absolute atomic E-state index is 0.00479. The minimum Gasteiger partial charge on any atom is -0.457 e. The molecule has 3 heterocycles. The predicted molar refractivity (Wildman–Crippen MR) is 209 cm³/mol. The van der Waals surface area contributed by atoms with Gasteiger partial charge in [0.25, 0.3) is 9.05 Å². The standard InChI is InChI=1S/C39H37ClN4O7S3/c1-41(2)53(47,48)29-13-9-25-17-19-43(34(25)23-29)27-11-15-31-36(21-27)51-37-22-28(12-16-32(37)39(31)33-7-5-6-8-38(33)52(40,45)46)44-20-18-26-10-14-30(24-35(26)44)54(49,50)42(3)4/h5-16,21-24,39H,17-20H2,1-4H3. The smallest absolute Gasteiger partial charge is 0.261 e. The lowest BCUT2D eigenvalue weighted by atomic mass is 9.82. The molecule has 0 N–H and O–H groups in total. The molecule has 11 nitrogen and oxygen atoms in total. The molecule has 0 aromatic heterocycles. The number of sulfonamides is 2. The molecule has 54 heavy (non-hydrogen) atoms. The highest BCUT2D eigenvalue weighted by molar-refractivity contribution is 8.13. The Morgan fingerprint density at radius 2 is 1.06 bits per heavy atom. The fraction of sp³-hybridized carbons (Fsp3) is 0.231. The molecule has 5 aromatic rings. The second-order valence-corrected chi connectivity index (χ2v) is 20.8. The summed E-state index contributed by atoms with van der Waals surface area (Å²) in [6.45, 7) is 1.24. The zero-order valence-electron chi connectivity index (χ0n) is 29.9. The number of anilines is 4. The van der Waals surface area contributed by atoms with Crippen LogP contribution in [0.2, 0.25) is 0 Å². The molecule has 0 spiro atoms. The van der Waals surface area contributed by atoms with Gasteiger partial charge >= 0.3 is 0 Å². The van der Waals surface area contributed by atoms with Crippen molar-refractivity contribution in [2.24, 2.45) is 0 Å². The SMILES string of the molecule is CN(C)S(=O)(=O)c1ccc2c(c1)N(c1ccc3c(c1)Oc1cc(N4CCc5ccc(S(=O)(=O)N(C)C)cc54)ccc1C3c1ccccc1S(=O)(=O)Cl)CC2. The van der Waals surface area contributed by atoms with Crippen LogP contribution in [0.3, 0.4) is 0 Å². The maximum Gasteiger partial charge on any atom is 0.261 e. The molecule has 0 amide bonds. The van der Waals surface area contributed by atoms with Gasteiger partial charge in [-0.05, 0) is 72.0 Å². The van der Waals surface area contributed by atoms with E-state index in [2.05, 4.69) is 9.80 Å². The molecule has 15 heteroatoms. The minimum atomic E-state index is -4.13. The number of fused-ring (bicyclic) bond motifs is 4. The topological polar surface area (TPSA) is 125 Å². The molecular formula is C39H37ClN4O7S3. The zero-order chi connectivity index (χ0) is 38.3. The lowest BCUT2D eigenvalue weighted by Gasteiger charge is -2.32. The monoisotopic (exact) mass is 804 g/mol. The molecule has 0 atom stereocenters. The Kier molecular flexibility index (Phi) is 8.86. The van der Waals surface area contributed by atoms with Gasteiger partial charge in [0.15, 0.2) is 0 Å². The van der Waals surface area contributed by atoms with Crippen LogP contribution in [0.1, 0.15) is 33.7 Å². The van der Waals surface area contributed by atoms with Gasteiger partial charge in [-0.1, -0.05) is 42.5 Å². The van der Waals surface area contributed by atoms with Crippen molar-refractivity contribution in [3.8, 4) is 11.5 Å². The molecule has 0 saturated carbocycles. The van der Waals surface area contributed by atoms with Gasteiger partial charge < -0.3 is 14.5 Å². The van der Waals surface area contributed by atoms with Crippen LogP contribution in [-0.2, 0) is 41.9 Å². The number of hydrogen-bond donors (Lipinski definition) is 0. The van der Waals surface area contributed by atoms with E-state index in [1.807, 2.05) is 48.5 Å². The van der Waals surface area contributed by atoms with Crippen molar-refractivity contribution in [2.45, 2.75) is 33.4 Å². The Labute approximate surface area is 320 Å². The van der Waals surface area contributed by atoms with E-state index in [0.29, 0.717) is 30.2 Å². The lowest BCUT2D eigenvalue weighted by Crippen LogP contribution is -2.22. The molecule has 0 radical (unpaired) electrons. The van der Waals surface area contributed by atoms with Gasteiger partial charge in [-0.3, -0.25) is 0 Å². The third-order valence-electron chi connectivity index (χ3n) is 10.4. The molecule has 280 valence electrons.